The van der Waals surface area contributed by atoms with E-state index >= 15 is 0 Å². The first kappa shape index (κ1) is 16.4. The molecule has 7 nitrogen and oxygen atoms in total. The number of hydrogen-bond acceptors (Lipinski definition) is 5. The van der Waals surface area contributed by atoms with E-state index in [1.807, 2.05) is 23.0 Å². The van der Waals surface area contributed by atoms with Crippen LogP contribution in [-0.2, 0) is 11.3 Å². The number of methoxy groups -OCH3 is 1. The van der Waals surface area contributed by atoms with E-state index in [-0.39, 0.29) is 6.04 Å². The van der Waals surface area contributed by atoms with Crippen molar-refractivity contribution in [2.24, 2.45) is 0 Å². The monoisotopic (exact) mass is 348 g/mol. The maximum absolute atomic E-state index is 5.17. The van der Waals surface area contributed by atoms with Crippen LogP contribution in [0.2, 0.25) is 0 Å². The molecule has 0 N–H and O–H groups in total. The van der Waals surface area contributed by atoms with E-state index in [9.17, 15) is 0 Å². The molecule has 1 aromatic carbocycles. The molecule has 132 valence electrons. The second-order valence-electron chi connectivity index (χ2n) is 6.12. The third-order valence-corrected chi connectivity index (χ3v) is 4.51. The van der Waals surface area contributed by atoms with Gasteiger partial charge in [-0.25, -0.2) is 4.98 Å². The first-order valence-corrected chi connectivity index (χ1v) is 8.52. The first-order valence-electron chi connectivity index (χ1n) is 8.52. The number of hydrogen-bond donors (Lipinski definition) is 0. The third kappa shape index (κ3) is 2.97. The Labute approximate surface area is 151 Å². The molecule has 4 aromatic rings. The summed E-state index contributed by atoms with van der Waals surface area (Å²) >= 11 is 0. The smallest absolute Gasteiger partial charge is 0.155 e. The predicted octanol–water partition coefficient (Wildman–Crippen LogP) is 2.95. The zero-order valence-corrected chi connectivity index (χ0v) is 14.8. The number of nitrogens with zero attached hydrogens (tertiary/aromatic N) is 6. The van der Waals surface area contributed by atoms with Gasteiger partial charge in [-0.2, -0.15) is 0 Å². The third-order valence-electron chi connectivity index (χ3n) is 4.51. The van der Waals surface area contributed by atoms with Crippen LogP contribution in [0.5, 0.6) is 0 Å². The fourth-order valence-corrected chi connectivity index (χ4v) is 3.13. The fraction of sp³-hybridized carbons (Fsp3) is 0.263. The highest BCUT2D eigenvalue weighted by molar-refractivity contribution is 5.82. The lowest BCUT2D eigenvalue weighted by Crippen LogP contribution is -2.15. The molecule has 0 spiro atoms. The Hall–Kier alpha value is -3.06. The Balaban J connectivity index is 1.71. The highest BCUT2D eigenvalue weighted by atomic mass is 16.5. The minimum Gasteiger partial charge on any atom is -0.383 e. The van der Waals surface area contributed by atoms with Crippen molar-refractivity contribution >= 4 is 10.9 Å². The van der Waals surface area contributed by atoms with E-state index in [1.165, 1.54) is 0 Å². The average molecular weight is 348 g/mol. The molecule has 1 atom stereocenters. The molecule has 3 heterocycles. The second-order valence-corrected chi connectivity index (χ2v) is 6.12. The molecule has 0 fully saturated rings. The summed E-state index contributed by atoms with van der Waals surface area (Å²) < 4.78 is 9.29. The zero-order chi connectivity index (χ0) is 17.9. The highest BCUT2D eigenvalue weighted by Crippen LogP contribution is 2.26. The molecule has 7 heteroatoms. The van der Waals surface area contributed by atoms with Crippen LogP contribution < -0.4 is 0 Å². The van der Waals surface area contributed by atoms with Crippen LogP contribution >= 0.6 is 0 Å². The van der Waals surface area contributed by atoms with Gasteiger partial charge >= 0.3 is 0 Å². The standard InChI is InChI=1S/C19H20N6O/c1-14(18-23-22-13-24(18)10-11-26-2)25-9-8-21-19(25)16-6-5-15-4-3-7-20-17(15)12-16/h3-9,12-14H,10-11H2,1-2H3. The largest absolute Gasteiger partial charge is 0.383 e. The first-order chi connectivity index (χ1) is 12.8. The van der Waals surface area contributed by atoms with Crippen molar-refractivity contribution in [3.8, 4) is 11.4 Å². The summed E-state index contributed by atoms with van der Waals surface area (Å²) in [5, 5.41) is 9.48. The topological polar surface area (TPSA) is 70.7 Å². The van der Waals surface area contributed by atoms with Gasteiger partial charge in [0.05, 0.1) is 18.2 Å². The molecular formula is C19H20N6O. The number of imidazole rings is 1. The SMILES string of the molecule is COCCn1cnnc1C(C)n1ccnc1-c1ccc2cccnc2c1. The van der Waals surface area contributed by atoms with Crippen LogP contribution in [0.25, 0.3) is 22.3 Å². The predicted molar refractivity (Wildman–Crippen MR) is 98.7 cm³/mol. The lowest BCUT2D eigenvalue weighted by Gasteiger charge is -2.17. The average Bonchev–Trinajstić information content (AvgIpc) is 3.35. The number of benzene rings is 1. The van der Waals surface area contributed by atoms with Crippen LogP contribution in [0, 0.1) is 0 Å². The number of pyridine rings is 1. The molecule has 0 aliphatic heterocycles. The summed E-state index contributed by atoms with van der Waals surface area (Å²) in [5.41, 5.74) is 1.98. The normalized spacial score (nSPS) is 12.5. The van der Waals surface area contributed by atoms with Gasteiger partial charge in [0.25, 0.3) is 0 Å². The van der Waals surface area contributed by atoms with E-state index in [2.05, 4.69) is 55.9 Å². The van der Waals surface area contributed by atoms with Crippen molar-refractivity contribution < 1.29 is 4.74 Å². The molecule has 3 aromatic heterocycles. The van der Waals surface area contributed by atoms with Crippen molar-refractivity contribution in [1.82, 2.24) is 29.3 Å². The summed E-state index contributed by atoms with van der Waals surface area (Å²) in [7, 11) is 1.69. The van der Waals surface area contributed by atoms with E-state index in [0.717, 1.165) is 28.1 Å². The summed E-state index contributed by atoms with van der Waals surface area (Å²) in [6.07, 6.45) is 7.32. The van der Waals surface area contributed by atoms with Crippen molar-refractivity contribution in [2.75, 3.05) is 13.7 Å². The molecule has 0 bridgehead atoms. The molecule has 4 rings (SSSR count). The number of fused-ring (bicyclic) bond motifs is 1. The molecule has 0 saturated heterocycles. The minimum atomic E-state index is -0.00807. The minimum absolute atomic E-state index is 0.00807. The van der Waals surface area contributed by atoms with Gasteiger partial charge in [0.2, 0.25) is 0 Å². The van der Waals surface area contributed by atoms with Crippen LogP contribution in [0.4, 0.5) is 0 Å². The number of ether oxygens (including phenoxy) is 1. The second kappa shape index (κ2) is 7.05. The highest BCUT2D eigenvalue weighted by Gasteiger charge is 2.18. The van der Waals surface area contributed by atoms with E-state index in [1.54, 1.807) is 19.6 Å². The van der Waals surface area contributed by atoms with Crippen LogP contribution in [-0.4, -0.2) is 43.0 Å². The fourth-order valence-electron chi connectivity index (χ4n) is 3.13. The van der Waals surface area contributed by atoms with E-state index < -0.39 is 0 Å². The van der Waals surface area contributed by atoms with Crippen molar-refractivity contribution in [3.63, 3.8) is 0 Å². The lowest BCUT2D eigenvalue weighted by atomic mass is 10.1. The quantitative estimate of drug-likeness (QED) is 0.536. The Morgan fingerprint density at radius 2 is 2.08 bits per heavy atom. The zero-order valence-electron chi connectivity index (χ0n) is 14.8. The summed E-state index contributed by atoms with van der Waals surface area (Å²) in [6.45, 7) is 3.43. The summed E-state index contributed by atoms with van der Waals surface area (Å²) in [4.78, 5) is 9.02. The maximum Gasteiger partial charge on any atom is 0.155 e. The van der Waals surface area contributed by atoms with Gasteiger partial charge in [0.1, 0.15) is 12.2 Å². The van der Waals surface area contributed by atoms with Gasteiger partial charge in [-0.15, -0.1) is 10.2 Å². The molecule has 0 radical (unpaired) electrons. The summed E-state index contributed by atoms with van der Waals surface area (Å²) in [6, 6.07) is 10.2. The van der Waals surface area contributed by atoms with E-state index in [4.69, 9.17) is 4.74 Å². The van der Waals surface area contributed by atoms with Gasteiger partial charge in [-0.3, -0.25) is 4.98 Å². The van der Waals surface area contributed by atoms with Gasteiger partial charge in [-0.05, 0) is 19.1 Å². The van der Waals surface area contributed by atoms with Crippen LogP contribution in [0.3, 0.4) is 0 Å². The van der Waals surface area contributed by atoms with Gasteiger partial charge in [0.15, 0.2) is 5.82 Å². The Morgan fingerprint density at radius 3 is 2.96 bits per heavy atom. The summed E-state index contributed by atoms with van der Waals surface area (Å²) in [5.74, 6) is 1.76. The maximum atomic E-state index is 5.17. The molecule has 26 heavy (non-hydrogen) atoms. The van der Waals surface area contributed by atoms with Crippen molar-refractivity contribution in [3.05, 3.63) is 61.1 Å². The number of aromatic nitrogens is 6. The molecule has 0 saturated carbocycles. The van der Waals surface area contributed by atoms with Crippen molar-refractivity contribution in [1.29, 1.82) is 0 Å². The number of rotatable bonds is 6. The van der Waals surface area contributed by atoms with Gasteiger partial charge in [-0.1, -0.05) is 18.2 Å². The lowest BCUT2D eigenvalue weighted by molar-refractivity contribution is 0.185. The molecule has 0 aliphatic carbocycles. The van der Waals surface area contributed by atoms with E-state index in [0.29, 0.717) is 13.2 Å². The van der Waals surface area contributed by atoms with Gasteiger partial charge < -0.3 is 13.9 Å². The Morgan fingerprint density at radius 1 is 1.15 bits per heavy atom. The molecule has 1 unspecified atom stereocenters. The van der Waals surface area contributed by atoms with Crippen LogP contribution in [0.1, 0.15) is 18.8 Å². The molecular weight excluding hydrogens is 328 g/mol. The molecule has 0 amide bonds. The van der Waals surface area contributed by atoms with Crippen molar-refractivity contribution in [2.45, 2.75) is 19.5 Å². The Kier molecular flexibility index (Phi) is 4.45. The van der Waals surface area contributed by atoms with Crippen LogP contribution in [0.15, 0.2) is 55.2 Å². The van der Waals surface area contributed by atoms with Gasteiger partial charge in [0, 0.05) is 43.2 Å². The molecule has 0 aliphatic rings. The Bertz CT molecular complexity index is 1020.